The number of methoxy groups -OCH3 is 2. The number of aromatic carboxylic acids is 1. The van der Waals surface area contributed by atoms with Crippen molar-refractivity contribution in [3.63, 3.8) is 0 Å². The van der Waals surface area contributed by atoms with Gasteiger partial charge in [0.1, 0.15) is 0 Å². The lowest BCUT2D eigenvalue weighted by atomic mass is 9.82. The number of aromatic hydroxyl groups is 2. The topological polar surface area (TPSA) is 96.2 Å². The second-order valence-corrected chi connectivity index (χ2v) is 6.19. The van der Waals surface area contributed by atoms with Crippen molar-refractivity contribution in [1.29, 1.82) is 0 Å². The van der Waals surface area contributed by atoms with Crippen molar-refractivity contribution in [2.24, 2.45) is 0 Å². The molecule has 3 rings (SSSR count). The minimum atomic E-state index is -1.04. The zero-order valence-corrected chi connectivity index (χ0v) is 15.4. The Morgan fingerprint density at radius 3 is 1.79 bits per heavy atom. The Morgan fingerprint density at radius 1 is 0.821 bits per heavy atom. The number of carboxylic acids is 1. The van der Waals surface area contributed by atoms with Crippen LogP contribution in [0.15, 0.2) is 60.7 Å². The lowest BCUT2D eigenvalue weighted by Gasteiger charge is -2.22. The van der Waals surface area contributed by atoms with E-state index in [1.807, 2.05) is 0 Å². The smallest absolute Gasteiger partial charge is 0.335 e. The third kappa shape index (κ3) is 3.57. The summed E-state index contributed by atoms with van der Waals surface area (Å²) in [4.78, 5) is 11.8. The van der Waals surface area contributed by atoms with Crippen LogP contribution in [0.1, 0.15) is 33.0 Å². The summed E-state index contributed by atoms with van der Waals surface area (Å²) in [5, 5.41) is 29.6. The van der Waals surface area contributed by atoms with Crippen LogP contribution in [0.25, 0.3) is 0 Å². The molecule has 0 saturated heterocycles. The predicted molar refractivity (Wildman–Crippen MR) is 104 cm³/mol. The van der Waals surface area contributed by atoms with Crippen LogP contribution in [0.5, 0.6) is 23.0 Å². The lowest BCUT2D eigenvalue weighted by Crippen LogP contribution is -2.10. The second kappa shape index (κ2) is 7.92. The molecule has 0 bridgehead atoms. The molecule has 144 valence electrons. The van der Waals surface area contributed by atoms with E-state index < -0.39 is 11.9 Å². The quantitative estimate of drug-likeness (QED) is 0.560. The van der Waals surface area contributed by atoms with E-state index in [2.05, 4.69) is 0 Å². The molecule has 0 fully saturated rings. The first-order valence-corrected chi connectivity index (χ1v) is 8.52. The van der Waals surface area contributed by atoms with Crippen LogP contribution in [0.4, 0.5) is 0 Å². The van der Waals surface area contributed by atoms with Gasteiger partial charge in [0.2, 0.25) is 0 Å². The monoisotopic (exact) mass is 380 g/mol. The number of carbonyl (C=O) groups is 1. The maximum absolute atomic E-state index is 11.8. The highest BCUT2D eigenvalue weighted by Gasteiger charge is 2.24. The first-order valence-electron chi connectivity index (χ1n) is 8.52. The van der Waals surface area contributed by atoms with Gasteiger partial charge in [0.25, 0.3) is 0 Å². The van der Waals surface area contributed by atoms with E-state index in [9.17, 15) is 20.1 Å². The number of ether oxygens (including phenoxy) is 2. The predicted octanol–water partition coefficient (Wildman–Crippen LogP) is 3.99. The van der Waals surface area contributed by atoms with E-state index in [0.29, 0.717) is 5.56 Å². The Morgan fingerprint density at radius 2 is 1.32 bits per heavy atom. The van der Waals surface area contributed by atoms with E-state index in [-0.39, 0.29) is 28.6 Å². The van der Waals surface area contributed by atoms with E-state index >= 15 is 0 Å². The van der Waals surface area contributed by atoms with Crippen LogP contribution in [-0.4, -0.2) is 35.5 Å². The average molecular weight is 380 g/mol. The summed E-state index contributed by atoms with van der Waals surface area (Å²) in [5.74, 6) is -1.00. The van der Waals surface area contributed by atoms with Gasteiger partial charge in [-0.1, -0.05) is 30.3 Å². The van der Waals surface area contributed by atoms with Gasteiger partial charge in [0.05, 0.1) is 19.8 Å². The van der Waals surface area contributed by atoms with Crippen molar-refractivity contribution in [2.75, 3.05) is 14.2 Å². The maximum atomic E-state index is 11.8. The van der Waals surface area contributed by atoms with Crippen LogP contribution >= 0.6 is 0 Å². The molecule has 0 aliphatic carbocycles. The number of benzene rings is 3. The summed E-state index contributed by atoms with van der Waals surface area (Å²) in [7, 11) is 2.89. The SMILES string of the molecule is COc1cc(C(c2ccc(O)c(OC)c2)c2ccccc2C(=O)O)ccc1O. The Kier molecular flexibility index (Phi) is 5.40. The van der Waals surface area contributed by atoms with E-state index in [1.165, 1.54) is 26.4 Å². The highest BCUT2D eigenvalue weighted by Crippen LogP contribution is 2.40. The molecule has 3 aromatic carbocycles. The van der Waals surface area contributed by atoms with Crippen molar-refractivity contribution in [1.82, 2.24) is 0 Å². The molecule has 3 aromatic rings. The molecular weight excluding hydrogens is 360 g/mol. The molecule has 0 heterocycles. The maximum Gasteiger partial charge on any atom is 0.335 e. The van der Waals surface area contributed by atoms with Crippen LogP contribution in [0.2, 0.25) is 0 Å². The zero-order chi connectivity index (χ0) is 20.3. The van der Waals surface area contributed by atoms with Gasteiger partial charge in [-0.25, -0.2) is 4.79 Å². The molecule has 6 heteroatoms. The largest absolute Gasteiger partial charge is 0.504 e. The molecule has 0 spiro atoms. The molecule has 6 nitrogen and oxygen atoms in total. The summed E-state index contributed by atoms with van der Waals surface area (Å²) in [6.45, 7) is 0. The van der Waals surface area contributed by atoms with Crippen molar-refractivity contribution >= 4 is 5.97 Å². The third-order valence-corrected chi connectivity index (χ3v) is 4.58. The van der Waals surface area contributed by atoms with Gasteiger partial charge < -0.3 is 24.8 Å². The molecule has 0 atom stereocenters. The van der Waals surface area contributed by atoms with Gasteiger partial charge in [-0.2, -0.15) is 0 Å². The fourth-order valence-electron chi connectivity index (χ4n) is 3.24. The van der Waals surface area contributed by atoms with Crippen molar-refractivity contribution < 1.29 is 29.6 Å². The molecule has 28 heavy (non-hydrogen) atoms. The van der Waals surface area contributed by atoms with Crippen LogP contribution < -0.4 is 9.47 Å². The van der Waals surface area contributed by atoms with Gasteiger partial charge in [0, 0.05) is 5.92 Å². The fourth-order valence-corrected chi connectivity index (χ4v) is 3.24. The van der Waals surface area contributed by atoms with Crippen LogP contribution in [-0.2, 0) is 0 Å². The standard InChI is InChI=1S/C22H20O6/c1-27-19-11-13(7-9-17(19)23)21(14-8-10-18(24)20(12-14)28-2)15-5-3-4-6-16(15)22(25)26/h3-12,21,23-24H,1-2H3,(H,25,26). The van der Waals surface area contributed by atoms with Gasteiger partial charge in [-0.3, -0.25) is 0 Å². The van der Waals surface area contributed by atoms with E-state index in [1.54, 1.807) is 48.5 Å². The molecule has 0 aliphatic rings. The lowest BCUT2D eigenvalue weighted by molar-refractivity contribution is 0.0695. The Bertz CT molecular complexity index is 958. The summed E-state index contributed by atoms with van der Waals surface area (Å²) in [5.41, 5.74) is 2.16. The van der Waals surface area contributed by atoms with Crippen LogP contribution in [0, 0.1) is 0 Å². The van der Waals surface area contributed by atoms with Crippen molar-refractivity contribution in [2.45, 2.75) is 5.92 Å². The molecular formula is C22H20O6. The molecule has 3 N–H and O–H groups in total. The van der Waals surface area contributed by atoms with Crippen molar-refractivity contribution in [3.05, 3.63) is 82.9 Å². The number of carboxylic acid groups (broad SMARTS) is 1. The van der Waals surface area contributed by atoms with Crippen molar-refractivity contribution in [3.8, 4) is 23.0 Å². The molecule has 0 aliphatic heterocycles. The normalized spacial score (nSPS) is 10.7. The number of hydrogen-bond acceptors (Lipinski definition) is 5. The minimum Gasteiger partial charge on any atom is -0.504 e. The first kappa shape index (κ1) is 19.1. The van der Waals surface area contributed by atoms with E-state index in [0.717, 1.165) is 11.1 Å². The summed E-state index contributed by atoms with van der Waals surface area (Å²) >= 11 is 0. The molecule has 0 radical (unpaired) electrons. The highest BCUT2D eigenvalue weighted by atomic mass is 16.5. The Balaban J connectivity index is 2.28. The minimum absolute atomic E-state index is 0.0141. The van der Waals surface area contributed by atoms with E-state index in [4.69, 9.17) is 9.47 Å². The number of phenols is 2. The molecule has 0 aromatic heterocycles. The number of hydrogen-bond donors (Lipinski definition) is 3. The Hall–Kier alpha value is -3.67. The number of phenolic OH excluding ortho intramolecular Hbond substituents is 2. The zero-order valence-electron chi connectivity index (χ0n) is 15.4. The van der Waals surface area contributed by atoms with Gasteiger partial charge >= 0.3 is 5.97 Å². The summed E-state index contributed by atoms with van der Waals surface area (Å²) < 4.78 is 10.4. The van der Waals surface area contributed by atoms with Gasteiger partial charge in [-0.05, 0) is 47.0 Å². The molecule has 0 unspecified atom stereocenters. The second-order valence-electron chi connectivity index (χ2n) is 6.19. The summed E-state index contributed by atoms with van der Waals surface area (Å²) in [6.07, 6.45) is 0. The summed E-state index contributed by atoms with van der Waals surface area (Å²) in [6, 6.07) is 16.5. The van der Waals surface area contributed by atoms with Gasteiger partial charge in [0.15, 0.2) is 23.0 Å². The third-order valence-electron chi connectivity index (χ3n) is 4.58. The first-order chi connectivity index (χ1) is 13.5. The molecule has 0 amide bonds. The number of rotatable bonds is 6. The average Bonchev–Trinajstić information content (AvgIpc) is 2.70. The van der Waals surface area contributed by atoms with Crippen LogP contribution in [0.3, 0.4) is 0 Å². The molecule has 0 saturated carbocycles. The fraction of sp³-hybridized carbons (Fsp3) is 0.136. The highest BCUT2D eigenvalue weighted by molar-refractivity contribution is 5.90. The Labute approximate surface area is 162 Å². The van der Waals surface area contributed by atoms with Gasteiger partial charge in [-0.15, -0.1) is 0 Å².